The number of hydrogen-bond donors (Lipinski definition) is 0. The quantitative estimate of drug-likeness (QED) is 0.127. The molecule has 0 atom stereocenters. The Kier molecular flexibility index (Phi) is 9.94. The van der Waals surface area contributed by atoms with Crippen molar-refractivity contribution in [1.82, 2.24) is 10.3 Å². The molecule has 0 aliphatic carbocycles. The zero-order valence-electron chi connectivity index (χ0n) is 23.5. The van der Waals surface area contributed by atoms with E-state index in [9.17, 15) is 0 Å². The lowest BCUT2D eigenvalue weighted by atomic mass is 10.1. The number of aromatic nitrogens is 2. The van der Waals surface area contributed by atoms with Crippen molar-refractivity contribution in [2.45, 2.75) is 26.4 Å². The maximum atomic E-state index is 6.23. The first-order valence-corrected chi connectivity index (χ1v) is 15.2. The molecule has 0 unspecified atom stereocenters. The van der Waals surface area contributed by atoms with E-state index in [0.29, 0.717) is 67.7 Å². The first-order valence-electron chi connectivity index (χ1n) is 13.7. The van der Waals surface area contributed by atoms with E-state index in [4.69, 9.17) is 69.7 Å². The zero-order valence-corrected chi connectivity index (χ0v) is 26.5. The number of halogens is 4. The summed E-state index contributed by atoms with van der Waals surface area (Å²) in [6.07, 6.45) is 0. The van der Waals surface area contributed by atoms with Gasteiger partial charge in [-0.2, -0.15) is 0 Å². The normalized spacial score (nSPS) is 11.1. The van der Waals surface area contributed by atoms with Crippen LogP contribution < -0.4 is 9.47 Å². The predicted octanol–water partition coefficient (Wildman–Crippen LogP) is 10.5. The van der Waals surface area contributed by atoms with Crippen molar-refractivity contribution in [2.24, 2.45) is 0 Å². The highest BCUT2D eigenvalue weighted by atomic mass is 35.5. The molecule has 0 aliphatic rings. The molecule has 228 valence electrons. The van der Waals surface area contributed by atoms with Crippen LogP contribution in [0.15, 0.2) is 106 Å². The van der Waals surface area contributed by atoms with Gasteiger partial charge in [0, 0.05) is 54.5 Å². The van der Waals surface area contributed by atoms with Crippen LogP contribution >= 0.6 is 46.4 Å². The van der Waals surface area contributed by atoms with E-state index < -0.39 is 0 Å². The minimum Gasteiger partial charge on any atom is -0.489 e. The third-order valence-corrected chi connectivity index (χ3v) is 7.90. The van der Waals surface area contributed by atoms with Crippen LogP contribution in [0, 0.1) is 0 Å². The highest BCUT2D eigenvalue weighted by Gasteiger charge is 2.11. The molecule has 0 N–H and O–H groups in total. The van der Waals surface area contributed by atoms with Crippen molar-refractivity contribution in [3.05, 3.63) is 140 Å². The highest BCUT2D eigenvalue weighted by molar-refractivity contribution is 6.35. The molecule has 6 aromatic rings. The smallest absolute Gasteiger partial charge is 0.163 e. The van der Waals surface area contributed by atoms with Crippen LogP contribution in [0.5, 0.6) is 11.5 Å². The maximum Gasteiger partial charge on any atom is 0.163 e. The van der Waals surface area contributed by atoms with Gasteiger partial charge in [0.05, 0.1) is 0 Å². The summed E-state index contributed by atoms with van der Waals surface area (Å²) in [5.74, 6) is 2.56. The Balaban J connectivity index is 0.964. The molecule has 0 amide bonds. The lowest BCUT2D eigenvalue weighted by molar-refractivity contribution is 0.0727. The molecule has 0 saturated carbocycles. The zero-order chi connectivity index (χ0) is 31.2. The van der Waals surface area contributed by atoms with E-state index in [1.807, 2.05) is 72.8 Å². The molecule has 0 saturated heterocycles. The number of rotatable bonds is 12. The summed E-state index contributed by atoms with van der Waals surface area (Å²) in [5, 5.41) is 10.6. The second kappa shape index (κ2) is 14.4. The second-order valence-corrected chi connectivity index (χ2v) is 11.6. The summed E-state index contributed by atoms with van der Waals surface area (Å²) in [5.41, 5.74) is 4.84. The van der Waals surface area contributed by atoms with Crippen molar-refractivity contribution in [3.63, 3.8) is 0 Å². The number of hydrogen-bond acceptors (Lipinski definition) is 7. The lowest BCUT2D eigenvalue weighted by Crippen LogP contribution is -1.96. The van der Waals surface area contributed by atoms with Crippen molar-refractivity contribution >= 4 is 46.4 Å². The first kappa shape index (κ1) is 31.0. The molecule has 0 bridgehead atoms. The fraction of sp³-hybridized carbons (Fsp3) is 0.118. The van der Waals surface area contributed by atoms with E-state index in [-0.39, 0.29) is 13.2 Å². The van der Waals surface area contributed by atoms with Gasteiger partial charge in [0.25, 0.3) is 0 Å². The molecule has 0 fully saturated rings. The van der Waals surface area contributed by atoms with Crippen LogP contribution in [0.1, 0.15) is 22.6 Å². The third kappa shape index (κ3) is 8.19. The van der Waals surface area contributed by atoms with Gasteiger partial charge in [-0.25, -0.2) is 0 Å². The van der Waals surface area contributed by atoms with Crippen LogP contribution in [-0.4, -0.2) is 10.3 Å². The average molecular weight is 682 g/mol. The van der Waals surface area contributed by atoms with Crippen LogP contribution in [-0.2, 0) is 31.2 Å². The SMILES string of the molecule is Clc1ccc(COc2ccc(-c3cc(COCc4cc(-c5ccc(OCc6ccc(Cl)cc6Cl)cc5)no4)on3)cc2)c(Cl)c1. The van der Waals surface area contributed by atoms with E-state index in [1.165, 1.54) is 0 Å². The molecule has 2 aromatic heterocycles. The van der Waals surface area contributed by atoms with Gasteiger partial charge in [0.15, 0.2) is 11.5 Å². The van der Waals surface area contributed by atoms with Gasteiger partial charge in [0.1, 0.15) is 49.3 Å². The van der Waals surface area contributed by atoms with Crippen LogP contribution in [0.2, 0.25) is 20.1 Å². The fourth-order valence-electron chi connectivity index (χ4n) is 4.33. The summed E-state index contributed by atoms with van der Waals surface area (Å²) in [6.45, 7) is 1.10. The maximum absolute atomic E-state index is 6.23. The first-order chi connectivity index (χ1) is 21.9. The summed E-state index contributed by atoms with van der Waals surface area (Å²) >= 11 is 24.4. The molecule has 45 heavy (non-hydrogen) atoms. The van der Waals surface area contributed by atoms with Crippen LogP contribution in [0.4, 0.5) is 0 Å². The molecule has 11 heteroatoms. The Morgan fingerprint density at radius 3 is 1.31 bits per heavy atom. The molecule has 0 aliphatic heterocycles. The van der Waals surface area contributed by atoms with Crippen LogP contribution in [0.25, 0.3) is 22.5 Å². The van der Waals surface area contributed by atoms with Crippen molar-refractivity contribution in [1.29, 1.82) is 0 Å². The Hall–Kier alpha value is -3.98. The topological polar surface area (TPSA) is 79.8 Å². The van der Waals surface area contributed by atoms with Gasteiger partial charge in [-0.1, -0.05) is 68.8 Å². The van der Waals surface area contributed by atoms with E-state index >= 15 is 0 Å². The molecular weight excluding hydrogens is 658 g/mol. The van der Waals surface area contributed by atoms with Gasteiger partial charge >= 0.3 is 0 Å². The lowest BCUT2D eigenvalue weighted by Gasteiger charge is -2.08. The Bertz CT molecular complexity index is 1750. The minimum absolute atomic E-state index is 0.218. The molecule has 4 aromatic carbocycles. The van der Waals surface area contributed by atoms with E-state index in [2.05, 4.69) is 10.3 Å². The Labute approximate surface area is 279 Å². The van der Waals surface area contributed by atoms with Gasteiger partial charge in [-0.3, -0.25) is 0 Å². The number of nitrogens with zero attached hydrogens (tertiary/aromatic N) is 2. The molecule has 0 radical (unpaired) electrons. The van der Waals surface area contributed by atoms with Crippen molar-refractivity contribution < 1.29 is 23.3 Å². The van der Waals surface area contributed by atoms with E-state index in [0.717, 1.165) is 22.3 Å². The van der Waals surface area contributed by atoms with Crippen molar-refractivity contribution in [2.75, 3.05) is 0 Å². The molecule has 6 rings (SSSR count). The predicted molar refractivity (Wildman–Crippen MR) is 174 cm³/mol. The monoisotopic (exact) mass is 680 g/mol. The molecule has 2 heterocycles. The van der Waals surface area contributed by atoms with Crippen LogP contribution in [0.3, 0.4) is 0 Å². The molecule has 0 spiro atoms. The van der Waals surface area contributed by atoms with Gasteiger partial charge < -0.3 is 23.3 Å². The van der Waals surface area contributed by atoms with Gasteiger partial charge in [0.2, 0.25) is 0 Å². The summed E-state index contributed by atoms with van der Waals surface area (Å²) in [4.78, 5) is 0. The van der Waals surface area contributed by atoms with E-state index in [1.54, 1.807) is 24.3 Å². The third-order valence-electron chi connectivity index (χ3n) is 6.73. The fourth-order valence-corrected chi connectivity index (χ4v) is 5.26. The summed E-state index contributed by atoms with van der Waals surface area (Å²) in [6, 6.07) is 29.4. The highest BCUT2D eigenvalue weighted by Crippen LogP contribution is 2.27. The summed E-state index contributed by atoms with van der Waals surface area (Å²) < 4.78 is 28.4. The molecular formula is C34H24Cl4N2O5. The van der Waals surface area contributed by atoms with Gasteiger partial charge in [-0.15, -0.1) is 0 Å². The Morgan fingerprint density at radius 2 is 0.911 bits per heavy atom. The largest absolute Gasteiger partial charge is 0.489 e. The molecule has 7 nitrogen and oxygen atoms in total. The number of benzene rings is 4. The standard InChI is InChI=1S/C34H24Cl4N2O5/c35-25-7-1-23(31(37)13-25)17-42-27-9-3-21(4-10-27)33-15-29(44-39-33)19-41-20-30-16-34(40-45-30)22-5-11-28(12-6-22)43-18-24-2-8-26(36)14-32(24)38/h1-16H,17-20H2. The second-order valence-electron chi connectivity index (χ2n) is 9.95. The summed E-state index contributed by atoms with van der Waals surface area (Å²) in [7, 11) is 0. The van der Waals surface area contributed by atoms with Gasteiger partial charge in [-0.05, 0) is 72.8 Å². The number of ether oxygens (including phenoxy) is 3. The van der Waals surface area contributed by atoms with Crippen molar-refractivity contribution in [3.8, 4) is 34.0 Å². The average Bonchev–Trinajstić information content (AvgIpc) is 3.71. The minimum atomic E-state index is 0.218. The Morgan fingerprint density at radius 1 is 0.489 bits per heavy atom.